The third kappa shape index (κ3) is 2.99. The van der Waals surface area contributed by atoms with Crippen LogP contribution in [0.4, 0.5) is 0 Å². The van der Waals surface area contributed by atoms with E-state index in [1.54, 1.807) is 39.0 Å². The molecule has 0 amide bonds. The number of benzene rings is 1. The number of hydrogen-bond donors (Lipinski definition) is 2. The molecule has 0 fully saturated rings. The number of phenolic OH excluding ortho intramolecular Hbond substituents is 1. The molecule has 1 aliphatic rings. The van der Waals surface area contributed by atoms with Crippen LogP contribution in [0.5, 0.6) is 5.75 Å². The summed E-state index contributed by atoms with van der Waals surface area (Å²) >= 11 is 0. The van der Waals surface area contributed by atoms with Gasteiger partial charge in [0.05, 0.1) is 31.3 Å². The molecule has 2 N–H and O–H groups in total. The minimum Gasteiger partial charge on any atom is -0.508 e. The van der Waals surface area contributed by atoms with Gasteiger partial charge in [0.2, 0.25) is 0 Å². The number of esters is 2. The van der Waals surface area contributed by atoms with Crippen molar-refractivity contribution in [2.75, 3.05) is 14.2 Å². The van der Waals surface area contributed by atoms with Crippen molar-refractivity contribution in [2.24, 2.45) is 0 Å². The third-order valence-corrected chi connectivity index (χ3v) is 4.13. The second-order valence-electron chi connectivity index (χ2n) is 5.66. The fraction of sp³-hybridized carbons (Fsp3) is 0.333. The number of allylic oxidation sites excluding steroid dienone is 2. The van der Waals surface area contributed by atoms with Crippen molar-refractivity contribution in [3.05, 3.63) is 51.9 Å². The quantitative estimate of drug-likeness (QED) is 0.827. The maximum Gasteiger partial charge on any atom is 0.336 e. The monoisotopic (exact) mass is 331 g/mol. The topological polar surface area (TPSA) is 84.9 Å². The fourth-order valence-corrected chi connectivity index (χ4v) is 2.95. The molecule has 0 spiro atoms. The van der Waals surface area contributed by atoms with Gasteiger partial charge in [0, 0.05) is 11.4 Å². The molecule has 1 aromatic rings. The number of carbonyl (C=O) groups excluding carboxylic acids is 2. The van der Waals surface area contributed by atoms with E-state index in [0.29, 0.717) is 33.7 Å². The molecule has 0 aliphatic carbocycles. The van der Waals surface area contributed by atoms with E-state index in [0.717, 1.165) is 0 Å². The highest BCUT2D eigenvalue weighted by Crippen LogP contribution is 2.40. The first-order chi connectivity index (χ1) is 11.3. The molecule has 0 unspecified atom stereocenters. The Morgan fingerprint density at radius 2 is 1.50 bits per heavy atom. The van der Waals surface area contributed by atoms with Crippen LogP contribution < -0.4 is 5.32 Å². The molecule has 0 bridgehead atoms. The van der Waals surface area contributed by atoms with Crippen LogP contribution in [0.25, 0.3) is 0 Å². The van der Waals surface area contributed by atoms with Gasteiger partial charge in [-0.3, -0.25) is 0 Å². The zero-order valence-electron chi connectivity index (χ0n) is 14.4. The number of nitrogens with one attached hydrogen (secondary N) is 1. The molecule has 0 saturated heterocycles. The minimum atomic E-state index is -0.634. The Kier molecular flexibility index (Phi) is 4.97. The highest BCUT2D eigenvalue weighted by molar-refractivity contribution is 5.99. The molecular formula is C18H21NO5. The molecule has 1 aromatic carbocycles. The molecular weight excluding hydrogens is 310 g/mol. The lowest BCUT2D eigenvalue weighted by atomic mass is 9.80. The van der Waals surface area contributed by atoms with Crippen LogP contribution in [0.1, 0.15) is 30.9 Å². The summed E-state index contributed by atoms with van der Waals surface area (Å²) in [7, 11) is 2.59. The number of aromatic hydroxyl groups is 1. The van der Waals surface area contributed by atoms with Gasteiger partial charge in [-0.25, -0.2) is 9.59 Å². The zero-order chi connectivity index (χ0) is 18.0. The number of carbonyl (C=O) groups is 2. The summed E-state index contributed by atoms with van der Waals surface area (Å²) in [5.74, 6) is -1.53. The number of rotatable bonds is 3. The van der Waals surface area contributed by atoms with E-state index >= 15 is 0 Å². The maximum absolute atomic E-state index is 12.3. The summed E-state index contributed by atoms with van der Waals surface area (Å²) < 4.78 is 9.80. The Morgan fingerprint density at radius 1 is 1.00 bits per heavy atom. The van der Waals surface area contributed by atoms with E-state index in [4.69, 9.17) is 9.47 Å². The van der Waals surface area contributed by atoms with Crippen LogP contribution in [0.15, 0.2) is 40.7 Å². The van der Waals surface area contributed by atoms with Gasteiger partial charge >= 0.3 is 11.9 Å². The van der Waals surface area contributed by atoms with Crippen molar-refractivity contribution in [1.29, 1.82) is 0 Å². The molecule has 6 nitrogen and oxygen atoms in total. The van der Waals surface area contributed by atoms with Crippen molar-refractivity contribution in [2.45, 2.75) is 26.7 Å². The lowest BCUT2D eigenvalue weighted by Crippen LogP contribution is -2.32. The van der Waals surface area contributed by atoms with Gasteiger partial charge in [-0.15, -0.1) is 0 Å². The van der Waals surface area contributed by atoms with Gasteiger partial charge in [0.1, 0.15) is 5.75 Å². The third-order valence-electron chi connectivity index (χ3n) is 4.13. The lowest BCUT2D eigenvalue weighted by molar-refractivity contribution is -0.137. The van der Waals surface area contributed by atoms with Crippen LogP contribution in [-0.2, 0) is 19.1 Å². The lowest BCUT2D eigenvalue weighted by Gasteiger charge is -2.30. The Morgan fingerprint density at radius 3 is 1.92 bits per heavy atom. The molecule has 0 radical (unpaired) electrons. The molecule has 0 atom stereocenters. The Hall–Kier alpha value is -2.76. The summed E-state index contributed by atoms with van der Waals surface area (Å²) in [4.78, 5) is 24.7. The van der Waals surface area contributed by atoms with Crippen molar-refractivity contribution < 1.29 is 24.2 Å². The van der Waals surface area contributed by atoms with E-state index in [2.05, 4.69) is 5.32 Å². The minimum absolute atomic E-state index is 0.147. The highest BCUT2D eigenvalue weighted by Gasteiger charge is 2.37. The summed E-state index contributed by atoms with van der Waals surface area (Å²) in [5, 5.41) is 12.8. The van der Waals surface area contributed by atoms with Crippen LogP contribution >= 0.6 is 0 Å². The summed E-state index contributed by atoms with van der Waals surface area (Å²) in [6.07, 6.45) is 0. The number of ether oxygens (including phenoxy) is 2. The standard InChI is InChI=1S/C18H21NO5/c1-9-8-12(6-7-13(9)20)16-14(17(21)23-4)10(2)19-11(3)15(16)18(22)24-5/h6-8,16,19-20H,1-5H3. The molecule has 0 saturated carbocycles. The Labute approximate surface area is 140 Å². The molecule has 1 aliphatic heterocycles. The number of methoxy groups -OCH3 is 2. The first kappa shape index (κ1) is 17.6. The van der Waals surface area contributed by atoms with Gasteiger partial charge in [-0.05, 0) is 38.0 Å². The normalized spacial score (nSPS) is 15.2. The van der Waals surface area contributed by atoms with Gasteiger partial charge in [-0.1, -0.05) is 12.1 Å². The molecule has 6 heteroatoms. The smallest absolute Gasteiger partial charge is 0.336 e. The van der Waals surface area contributed by atoms with E-state index in [-0.39, 0.29) is 5.75 Å². The van der Waals surface area contributed by atoms with E-state index in [9.17, 15) is 14.7 Å². The van der Waals surface area contributed by atoms with Crippen molar-refractivity contribution >= 4 is 11.9 Å². The van der Waals surface area contributed by atoms with Crippen molar-refractivity contribution in [1.82, 2.24) is 5.32 Å². The van der Waals surface area contributed by atoms with Crippen LogP contribution in [-0.4, -0.2) is 31.3 Å². The fourth-order valence-electron chi connectivity index (χ4n) is 2.95. The predicted molar refractivity (Wildman–Crippen MR) is 88.2 cm³/mol. The molecule has 0 aromatic heterocycles. The zero-order valence-corrected chi connectivity index (χ0v) is 14.4. The first-order valence-electron chi connectivity index (χ1n) is 7.46. The maximum atomic E-state index is 12.3. The number of phenols is 1. The van der Waals surface area contributed by atoms with Crippen LogP contribution in [0, 0.1) is 6.92 Å². The van der Waals surface area contributed by atoms with E-state index in [1.165, 1.54) is 14.2 Å². The molecule has 2 rings (SSSR count). The Bertz CT molecular complexity index is 723. The molecule has 24 heavy (non-hydrogen) atoms. The van der Waals surface area contributed by atoms with Gasteiger partial charge < -0.3 is 19.9 Å². The predicted octanol–water partition coefficient (Wildman–Crippen LogP) is 2.28. The van der Waals surface area contributed by atoms with Crippen LogP contribution in [0.2, 0.25) is 0 Å². The first-order valence-corrected chi connectivity index (χ1v) is 7.46. The summed E-state index contributed by atoms with van der Waals surface area (Å²) in [6, 6.07) is 4.98. The average molecular weight is 331 g/mol. The average Bonchev–Trinajstić information content (AvgIpc) is 2.55. The van der Waals surface area contributed by atoms with Gasteiger partial charge in [0.15, 0.2) is 0 Å². The number of aryl methyl sites for hydroxylation is 1. The van der Waals surface area contributed by atoms with Crippen molar-refractivity contribution in [3.8, 4) is 5.75 Å². The summed E-state index contributed by atoms with van der Waals surface area (Å²) in [6.45, 7) is 5.26. The summed E-state index contributed by atoms with van der Waals surface area (Å²) in [5.41, 5.74) is 3.26. The molecule has 1 heterocycles. The number of hydrogen-bond acceptors (Lipinski definition) is 6. The van der Waals surface area contributed by atoms with Crippen molar-refractivity contribution in [3.63, 3.8) is 0 Å². The Balaban J connectivity index is 2.71. The second kappa shape index (κ2) is 6.78. The second-order valence-corrected chi connectivity index (χ2v) is 5.66. The van der Waals surface area contributed by atoms with E-state index < -0.39 is 17.9 Å². The SMILES string of the molecule is COC(=O)C1=C(C)NC(C)=C(C(=O)OC)C1c1ccc(O)c(C)c1. The largest absolute Gasteiger partial charge is 0.508 e. The number of dihydropyridines is 1. The van der Waals surface area contributed by atoms with Gasteiger partial charge in [-0.2, -0.15) is 0 Å². The van der Waals surface area contributed by atoms with E-state index in [1.807, 2.05) is 0 Å². The van der Waals surface area contributed by atoms with Crippen LogP contribution in [0.3, 0.4) is 0 Å². The highest BCUT2D eigenvalue weighted by atomic mass is 16.5. The molecule has 128 valence electrons. The van der Waals surface area contributed by atoms with Gasteiger partial charge in [0.25, 0.3) is 0 Å².